The first-order valence-electron chi connectivity index (χ1n) is 11.3. The van der Waals surface area contributed by atoms with Crippen LogP contribution < -0.4 is 15.8 Å². The Morgan fingerprint density at radius 2 is 1.68 bits per heavy atom. The van der Waals surface area contributed by atoms with Crippen LogP contribution in [0.15, 0.2) is 53.3 Å². The molecule has 5 rings (SSSR count). The summed E-state index contributed by atoms with van der Waals surface area (Å²) >= 11 is 0. The fourth-order valence-electron chi connectivity index (χ4n) is 4.92. The number of aromatic nitrogens is 2. The summed E-state index contributed by atoms with van der Waals surface area (Å²) in [5, 5.41) is 9.30. The summed E-state index contributed by atoms with van der Waals surface area (Å²) in [5.41, 5.74) is 2.26. The Labute approximate surface area is 181 Å². The summed E-state index contributed by atoms with van der Waals surface area (Å²) in [6.07, 6.45) is 6.55. The SMILES string of the molecule is O=C(Cn1nc(N2CCCCCC2)c2ccccc2c1=O)NC1CCc2ccccc21. The molecule has 1 aliphatic heterocycles. The predicted molar refractivity (Wildman–Crippen MR) is 122 cm³/mol. The number of hydrogen-bond donors (Lipinski definition) is 1. The van der Waals surface area contributed by atoms with E-state index in [9.17, 15) is 9.59 Å². The highest BCUT2D eigenvalue weighted by Gasteiger charge is 2.24. The second kappa shape index (κ2) is 8.53. The van der Waals surface area contributed by atoms with E-state index in [-0.39, 0.29) is 24.1 Å². The largest absolute Gasteiger partial charge is 0.355 e. The lowest BCUT2D eigenvalue weighted by atomic mass is 10.1. The average molecular weight is 417 g/mol. The van der Waals surface area contributed by atoms with Crippen molar-refractivity contribution < 1.29 is 4.79 Å². The zero-order valence-electron chi connectivity index (χ0n) is 17.7. The molecule has 1 saturated heterocycles. The number of anilines is 1. The molecule has 160 valence electrons. The molecule has 3 aromatic rings. The highest BCUT2D eigenvalue weighted by molar-refractivity contribution is 5.91. The van der Waals surface area contributed by atoms with E-state index in [1.165, 1.54) is 28.7 Å². The van der Waals surface area contributed by atoms with Gasteiger partial charge in [-0.1, -0.05) is 55.3 Å². The molecule has 0 spiro atoms. The molecular formula is C25H28N4O2. The van der Waals surface area contributed by atoms with E-state index in [1.54, 1.807) is 0 Å². The molecule has 31 heavy (non-hydrogen) atoms. The van der Waals surface area contributed by atoms with E-state index in [1.807, 2.05) is 36.4 Å². The van der Waals surface area contributed by atoms with E-state index in [0.717, 1.165) is 50.0 Å². The third kappa shape index (κ3) is 3.94. The van der Waals surface area contributed by atoms with Crippen molar-refractivity contribution in [3.8, 4) is 0 Å². The molecule has 0 saturated carbocycles. The molecule has 1 atom stereocenters. The van der Waals surface area contributed by atoms with Crippen molar-refractivity contribution in [2.24, 2.45) is 0 Å². The minimum Gasteiger partial charge on any atom is -0.355 e. The second-order valence-corrected chi connectivity index (χ2v) is 8.59. The maximum Gasteiger partial charge on any atom is 0.275 e. The van der Waals surface area contributed by atoms with Crippen LogP contribution in [0.4, 0.5) is 5.82 Å². The minimum atomic E-state index is -0.212. The molecule has 6 heteroatoms. The number of nitrogens with one attached hydrogen (secondary N) is 1. The van der Waals surface area contributed by atoms with Crippen LogP contribution in [0.1, 0.15) is 49.3 Å². The van der Waals surface area contributed by atoms with Gasteiger partial charge in [0.1, 0.15) is 6.54 Å². The van der Waals surface area contributed by atoms with Crippen molar-refractivity contribution >= 4 is 22.5 Å². The lowest BCUT2D eigenvalue weighted by Gasteiger charge is -2.24. The Balaban J connectivity index is 1.43. The van der Waals surface area contributed by atoms with Gasteiger partial charge in [0.15, 0.2) is 5.82 Å². The number of rotatable bonds is 4. The van der Waals surface area contributed by atoms with Gasteiger partial charge in [0.05, 0.1) is 11.4 Å². The number of benzene rings is 2. The number of carbonyl (C=O) groups excluding carboxylic acids is 1. The van der Waals surface area contributed by atoms with Gasteiger partial charge < -0.3 is 10.2 Å². The van der Waals surface area contributed by atoms with Crippen LogP contribution in [0.5, 0.6) is 0 Å². The highest BCUT2D eigenvalue weighted by atomic mass is 16.2. The van der Waals surface area contributed by atoms with Gasteiger partial charge in [0.2, 0.25) is 5.91 Å². The van der Waals surface area contributed by atoms with Crippen LogP contribution >= 0.6 is 0 Å². The normalized spacial score (nSPS) is 18.6. The number of hydrogen-bond acceptors (Lipinski definition) is 4. The van der Waals surface area contributed by atoms with E-state index in [2.05, 4.69) is 22.3 Å². The molecule has 1 aliphatic carbocycles. The van der Waals surface area contributed by atoms with Crippen LogP contribution in [-0.2, 0) is 17.8 Å². The molecule has 1 N–H and O–H groups in total. The Morgan fingerprint density at radius 1 is 0.968 bits per heavy atom. The molecule has 2 aromatic carbocycles. The summed E-state index contributed by atoms with van der Waals surface area (Å²) in [4.78, 5) is 28.3. The lowest BCUT2D eigenvalue weighted by molar-refractivity contribution is -0.122. The van der Waals surface area contributed by atoms with Crippen LogP contribution in [0.2, 0.25) is 0 Å². The monoisotopic (exact) mass is 416 g/mol. The standard InChI is InChI=1S/C25H28N4O2/c30-23(26-22-14-13-18-9-3-4-10-19(18)22)17-29-25(31)21-12-6-5-11-20(21)24(27-29)28-15-7-1-2-8-16-28/h3-6,9-12,22H,1-2,7-8,13-17H2,(H,26,30). The van der Waals surface area contributed by atoms with Gasteiger partial charge >= 0.3 is 0 Å². The van der Waals surface area contributed by atoms with Gasteiger partial charge in [-0.05, 0) is 42.9 Å². The number of carbonyl (C=O) groups is 1. The van der Waals surface area contributed by atoms with E-state index < -0.39 is 0 Å². The van der Waals surface area contributed by atoms with Crippen molar-refractivity contribution in [1.29, 1.82) is 0 Å². The van der Waals surface area contributed by atoms with Gasteiger partial charge in [-0.15, -0.1) is 0 Å². The van der Waals surface area contributed by atoms with Gasteiger partial charge in [-0.3, -0.25) is 9.59 Å². The fraction of sp³-hybridized carbons (Fsp3) is 0.400. The third-order valence-electron chi connectivity index (χ3n) is 6.52. The molecule has 1 unspecified atom stereocenters. The smallest absolute Gasteiger partial charge is 0.275 e. The summed E-state index contributed by atoms with van der Waals surface area (Å²) in [6.45, 7) is 1.80. The molecule has 2 heterocycles. The van der Waals surface area contributed by atoms with Crippen molar-refractivity contribution in [1.82, 2.24) is 15.1 Å². The summed E-state index contributed by atoms with van der Waals surface area (Å²) in [6, 6.07) is 15.8. The lowest BCUT2D eigenvalue weighted by Crippen LogP contribution is -2.37. The molecule has 0 radical (unpaired) electrons. The average Bonchev–Trinajstić information content (AvgIpc) is 3.00. The van der Waals surface area contributed by atoms with Crippen LogP contribution in [0.3, 0.4) is 0 Å². The third-order valence-corrected chi connectivity index (χ3v) is 6.52. The Kier molecular flexibility index (Phi) is 5.45. The summed E-state index contributed by atoms with van der Waals surface area (Å²) < 4.78 is 1.35. The molecule has 1 amide bonds. The molecular weight excluding hydrogens is 388 g/mol. The van der Waals surface area contributed by atoms with Crippen LogP contribution in [-0.4, -0.2) is 28.8 Å². The van der Waals surface area contributed by atoms with Crippen LogP contribution in [0.25, 0.3) is 10.8 Å². The van der Waals surface area contributed by atoms with E-state index in [4.69, 9.17) is 5.10 Å². The van der Waals surface area contributed by atoms with E-state index >= 15 is 0 Å². The molecule has 6 nitrogen and oxygen atoms in total. The van der Waals surface area contributed by atoms with Crippen molar-refractivity contribution in [3.05, 3.63) is 70.0 Å². The first-order chi connectivity index (χ1) is 15.2. The zero-order valence-corrected chi connectivity index (χ0v) is 17.7. The molecule has 1 aromatic heterocycles. The van der Waals surface area contributed by atoms with Gasteiger partial charge in [0, 0.05) is 18.5 Å². The highest BCUT2D eigenvalue weighted by Crippen LogP contribution is 2.30. The first-order valence-corrected chi connectivity index (χ1v) is 11.3. The Hall–Kier alpha value is -3.15. The second-order valence-electron chi connectivity index (χ2n) is 8.59. The molecule has 2 aliphatic rings. The number of aryl methyl sites for hydroxylation is 1. The Morgan fingerprint density at radius 3 is 2.48 bits per heavy atom. The number of nitrogens with zero attached hydrogens (tertiary/aromatic N) is 3. The number of fused-ring (bicyclic) bond motifs is 2. The fourth-order valence-corrected chi connectivity index (χ4v) is 4.92. The van der Waals surface area contributed by atoms with Crippen molar-refractivity contribution in [2.45, 2.75) is 51.1 Å². The zero-order chi connectivity index (χ0) is 21.2. The van der Waals surface area contributed by atoms with Gasteiger partial charge in [-0.25, -0.2) is 4.68 Å². The maximum absolute atomic E-state index is 13.1. The van der Waals surface area contributed by atoms with E-state index in [0.29, 0.717) is 5.39 Å². The minimum absolute atomic E-state index is 0.00457. The van der Waals surface area contributed by atoms with Crippen molar-refractivity contribution in [2.75, 3.05) is 18.0 Å². The summed E-state index contributed by atoms with van der Waals surface area (Å²) in [5.74, 6) is 0.643. The molecule has 0 bridgehead atoms. The topological polar surface area (TPSA) is 67.2 Å². The maximum atomic E-state index is 13.1. The molecule has 1 fully saturated rings. The van der Waals surface area contributed by atoms with Crippen molar-refractivity contribution in [3.63, 3.8) is 0 Å². The Bertz CT molecular complexity index is 1160. The number of amides is 1. The van der Waals surface area contributed by atoms with Gasteiger partial charge in [-0.2, -0.15) is 5.10 Å². The predicted octanol–water partition coefficient (Wildman–Crippen LogP) is 3.58. The quantitative estimate of drug-likeness (QED) is 0.706. The first kappa shape index (κ1) is 19.8. The summed E-state index contributed by atoms with van der Waals surface area (Å²) in [7, 11) is 0. The van der Waals surface area contributed by atoms with Crippen LogP contribution in [0, 0.1) is 0 Å². The van der Waals surface area contributed by atoms with Gasteiger partial charge in [0.25, 0.3) is 5.56 Å².